The fourth-order valence-corrected chi connectivity index (χ4v) is 8.86. The number of nitrogens with zero attached hydrogens (tertiary/aromatic N) is 1. The highest BCUT2D eigenvalue weighted by Crippen LogP contribution is 2.65. The van der Waals surface area contributed by atoms with E-state index in [0.717, 1.165) is 69.1 Å². The first-order valence-electron chi connectivity index (χ1n) is 17.9. The van der Waals surface area contributed by atoms with Gasteiger partial charge in [-0.05, 0) is 93.8 Å². The van der Waals surface area contributed by atoms with Crippen molar-refractivity contribution in [3.63, 3.8) is 0 Å². The van der Waals surface area contributed by atoms with E-state index in [9.17, 15) is 0 Å². The molecule has 5 N–H and O–H groups in total. The summed E-state index contributed by atoms with van der Waals surface area (Å²) in [5.74, 6) is 1.70. The predicted octanol–water partition coefficient (Wildman–Crippen LogP) is 10.1. The van der Waals surface area contributed by atoms with Crippen molar-refractivity contribution in [1.82, 2.24) is 5.32 Å². The highest BCUT2D eigenvalue weighted by molar-refractivity contribution is 6.16. The zero-order chi connectivity index (χ0) is 34.8. The van der Waals surface area contributed by atoms with Crippen LogP contribution in [0, 0.1) is 0 Å². The maximum atomic E-state index is 7.07. The van der Waals surface area contributed by atoms with E-state index in [-0.39, 0.29) is 6.17 Å². The molecule has 4 aliphatic rings. The van der Waals surface area contributed by atoms with E-state index in [0.29, 0.717) is 11.4 Å². The van der Waals surface area contributed by atoms with Crippen molar-refractivity contribution >= 4 is 33.9 Å². The Balaban J connectivity index is 1.24. The van der Waals surface area contributed by atoms with Gasteiger partial charge in [0.15, 0.2) is 0 Å². The molecule has 250 valence electrons. The molecular formula is C47H36N4O. The van der Waals surface area contributed by atoms with Crippen LogP contribution < -0.4 is 21.5 Å². The van der Waals surface area contributed by atoms with Gasteiger partial charge in [-0.1, -0.05) is 121 Å². The summed E-state index contributed by atoms with van der Waals surface area (Å²) in [7, 11) is 0. The summed E-state index contributed by atoms with van der Waals surface area (Å²) in [6.07, 6.45) is 6.06. The van der Waals surface area contributed by atoms with Crippen molar-refractivity contribution < 1.29 is 4.74 Å². The van der Waals surface area contributed by atoms with Gasteiger partial charge < -0.3 is 21.5 Å². The molecule has 10 rings (SSSR count). The van der Waals surface area contributed by atoms with Crippen molar-refractivity contribution in [2.45, 2.75) is 24.4 Å². The molecule has 6 aromatic carbocycles. The van der Waals surface area contributed by atoms with Crippen LogP contribution in [0.5, 0.6) is 11.5 Å². The van der Waals surface area contributed by atoms with Gasteiger partial charge in [0.25, 0.3) is 0 Å². The lowest BCUT2D eigenvalue weighted by Gasteiger charge is -2.42. The Bertz CT molecular complexity index is 2530. The van der Waals surface area contributed by atoms with Crippen LogP contribution in [0.15, 0.2) is 168 Å². The lowest BCUT2D eigenvalue weighted by atomic mass is 9.63. The number of allylic oxidation sites excluding steroid dienone is 5. The molecule has 6 aromatic rings. The number of hydrogen-bond donors (Lipinski definition) is 3. The number of fused-ring (bicyclic) bond motifs is 8. The topological polar surface area (TPSA) is 85.7 Å². The quantitative estimate of drug-likeness (QED) is 0.163. The maximum Gasteiger partial charge on any atom is 0.145 e. The Morgan fingerprint density at radius 2 is 1.33 bits per heavy atom. The van der Waals surface area contributed by atoms with Crippen molar-refractivity contribution in [3.8, 4) is 11.5 Å². The molecule has 5 heteroatoms. The molecule has 0 bridgehead atoms. The number of hydrogen-bond acceptors (Lipinski definition) is 5. The van der Waals surface area contributed by atoms with Crippen LogP contribution in [0.25, 0.3) is 16.8 Å². The van der Waals surface area contributed by atoms with Gasteiger partial charge in [0, 0.05) is 33.8 Å². The SMILES string of the molecule is Nc1cc(N)cc(C2=CCCC3=C2c2ccccc2C32c3ccccc3Oc3c(C4=NC(c5ccccc5)NC(c5ccccc5)=C4)cccc32)c1. The van der Waals surface area contributed by atoms with Crippen LogP contribution in [-0.4, -0.2) is 5.71 Å². The van der Waals surface area contributed by atoms with E-state index < -0.39 is 5.41 Å². The summed E-state index contributed by atoms with van der Waals surface area (Å²) in [6.45, 7) is 0. The first kappa shape index (κ1) is 30.3. The molecule has 2 unspecified atom stereocenters. The third kappa shape index (κ3) is 4.52. The molecule has 5 nitrogen and oxygen atoms in total. The number of nitrogens with one attached hydrogen (secondary N) is 1. The molecule has 2 atom stereocenters. The predicted molar refractivity (Wildman–Crippen MR) is 212 cm³/mol. The Morgan fingerprint density at radius 3 is 2.13 bits per heavy atom. The highest BCUT2D eigenvalue weighted by Gasteiger charge is 2.53. The summed E-state index contributed by atoms with van der Waals surface area (Å²) in [5.41, 5.74) is 28.2. The monoisotopic (exact) mass is 672 g/mol. The van der Waals surface area contributed by atoms with Crippen LogP contribution in [0.2, 0.25) is 0 Å². The van der Waals surface area contributed by atoms with Crippen molar-refractivity contribution in [1.29, 1.82) is 0 Å². The zero-order valence-electron chi connectivity index (χ0n) is 28.5. The van der Waals surface area contributed by atoms with E-state index in [1.54, 1.807) is 0 Å². The van der Waals surface area contributed by atoms with Gasteiger partial charge >= 0.3 is 0 Å². The van der Waals surface area contributed by atoms with Crippen LogP contribution in [0.4, 0.5) is 11.4 Å². The van der Waals surface area contributed by atoms with Crippen LogP contribution >= 0.6 is 0 Å². The second kappa shape index (κ2) is 11.7. The van der Waals surface area contributed by atoms with E-state index in [2.05, 4.69) is 133 Å². The molecule has 0 saturated carbocycles. The minimum Gasteiger partial charge on any atom is -0.456 e. The van der Waals surface area contributed by atoms with E-state index >= 15 is 0 Å². The van der Waals surface area contributed by atoms with Crippen LogP contribution in [0.1, 0.15) is 63.5 Å². The number of para-hydroxylation sites is 2. The largest absolute Gasteiger partial charge is 0.456 e. The lowest BCUT2D eigenvalue weighted by Crippen LogP contribution is -2.34. The molecule has 0 saturated heterocycles. The minimum atomic E-state index is -0.574. The summed E-state index contributed by atoms with van der Waals surface area (Å²) >= 11 is 0. The Labute approximate surface area is 303 Å². The van der Waals surface area contributed by atoms with E-state index in [1.807, 2.05) is 30.3 Å². The number of anilines is 2. The van der Waals surface area contributed by atoms with Gasteiger partial charge in [0.1, 0.15) is 17.7 Å². The summed E-state index contributed by atoms with van der Waals surface area (Å²) < 4.78 is 7.07. The molecule has 0 aromatic heterocycles. The standard InChI is InChI=1S/C47H36N4O/c48-32-25-31(26-33(49)27-32)34-18-11-22-39-44(34)35-17-7-8-20-37(35)47(39)38-21-9-10-24-43(38)52-45-36(19-12-23-40(45)47)42-28-41(29-13-3-1-4-14-29)50-46(51-42)30-15-5-2-6-16-30/h1-10,12-21,23-28,46,50H,11,22,48-49H2. The molecule has 2 heterocycles. The van der Waals surface area contributed by atoms with Crippen molar-refractivity contribution in [2.24, 2.45) is 4.99 Å². The number of rotatable bonds is 4. The Morgan fingerprint density at radius 1 is 0.654 bits per heavy atom. The van der Waals surface area contributed by atoms with Crippen molar-refractivity contribution in [2.75, 3.05) is 11.5 Å². The average Bonchev–Trinajstić information content (AvgIpc) is 3.49. The molecular weight excluding hydrogens is 637 g/mol. The number of ether oxygens (including phenoxy) is 1. The van der Waals surface area contributed by atoms with Gasteiger partial charge in [0.2, 0.25) is 0 Å². The zero-order valence-corrected chi connectivity index (χ0v) is 28.5. The van der Waals surface area contributed by atoms with E-state index in [4.69, 9.17) is 21.2 Å². The first-order chi connectivity index (χ1) is 25.6. The fraction of sp³-hybridized carbons (Fsp3) is 0.0851. The van der Waals surface area contributed by atoms with Crippen molar-refractivity contribution in [3.05, 3.63) is 208 Å². The molecule has 0 fully saturated rings. The molecule has 0 radical (unpaired) electrons. The van der Waals surface area contributed by atoms with Gasteiger partial charge in [-0.15, -0.1) is 0 Å². The molecule has 2 aliphatic carbocycles. The second-order valence-electron chi connectivity index (χ2n) is 13.9. The second-order valence-corrected chi connectivity index (χ2v) is 13.9. The van der Waals surface area contributed by atoms with Gasteiger partial charge in [0.05, 0.1) is 11.1 Å². The number of nitrogens with two attached hydrogens (primary N) is 2. The van der Waals surface area contributed by atoms with Crippen LogP contribution in [0.3, 0.4) is 0 Å². The molecule has 1 spiro atoms. The maximum absolute atomic E-state index is 7.07. The third-order valence-electron chi connectivity index (χ3n) is 10.9. The molecule has 0 amide bonds. The average molecular weight is 673 g/mol. The lowest BCUT2D eigenvalue weighted by molar-refractivity contribution is 0.431. The Kier molecular flexibility index (Phi) is 6.83. The van der Waals surface area contributed by atoms with E-state index in [1.165, 1.54) is 27.8 Å². The summed E-state index contributed by atoms with van der Waals surface area (Å²) in [5, 5.41) is 3.71. The highest BCUT2D eigenvalue weighted by atomic mass is 16.5. The number of nitrogen functional groups attached to an aromatic ring is 2. The number of benzene rings is 6. The normalized spacial score (nSPS) is 19.6. The Hall–Kier alpha value is -6.59. The number of aliphatic imine (C=N–C) groups is 1. The molecule has 52 heavy (non-hydrogen) atoms. The van der Waals surface area contributed by atoms with Gasteiger partial charge in [-0.25, -0.2) is 0 Å². The summed E-state index contributed by atoms with van der Waals surface area (Å²) in [4.78, 5) is 5.38. The minimum absolute atomic E-state index is 0.268. The van der Waals surface area contributed by atoms with Gasteiger partial charge in [-0.2, -0.15) is 0 Å². The summed E-state index contributed by atoms with van der Waals surface area (Å²) in [6, 6.07) is 50.8. The third-order valence-corrected chi connectivity index (χ3v) is 10.9. The molecule has 2 aliphatic heterocycles. The van der Waals surface area contributed by atoms with Crippen LogP contribution in [-0.2, 0) is 5.41 Å². The smallest absolute Gasteiger partial charge is 0.145 e. The first-order valence-corrected chi connectivity index (χ1v) is 17.9. The van der Waals surface area contributed by atoms with Gasteiger partial charge in [-0.3, -0.25) is 4.99 Å². The fourth-order valence-electron chi connectivity index (χ4n) is 8.86.